The summed E-state index contributed by atoms with van der Waals surface area (Å²) in [6, 6.07) is -0.0572. The number of nitrogens with zero attached hydrogens (tertiary/aromatic N) is 2. The molecule has 0 aliphatic heterocycles. The molecular formula is C17H32N2O3S. The number of amides is 1. The van der Waals surface area contributed by atoms with E-state index >= 15 is 0 Å². The molecule has 1 fully saturated rings. The number of hydrogen-bond donors (Lipinski definition) is 1. The van der Waals surface area contributed by atoms with Crippen LogP contribution in [0, 0.1) is 11.3 Å². The molecular weight excluding hydrogens is 312 g/mol. The minimum Gasteiger partial charge on any atom is -0.591 e. The lowest BCUT2D eigenvalue weighted by atomic mass is 9.56. The van der Waals surface area contributed by atoms with Crippen LogP contribution >= 0.6 is 0 Å². The topological polar surface area (TPSA) is 76.0 Å². The smallest absolute Gasteiger partial charge is 0.408 e. The van der Waals surface area contributed by atoms with E-state index in [1.54, 1.807) is 4.90 Å². The van der Waals surface area contributed by atoms with Crippen molar-refractivity contribution in [3.63, 3.8) is 0 Å². The van der Waals surface area contributed by atoms with Gasteiger partial charge in [-0.15, -0.1) is 0 Å². The Labute approximate surface area is 143 Å². The van der Waals surface area contributed by atoms with Crippen molar-refractivity contribution >= 4 is 23.2 Å². The molecule has 0 aromatic rings. The Morgan fingerprint density at radius 2 is 1.74 bits per heavy atom. The van der Waals surface area contributed by atoms with E-state index in [0.29, 0.717) is 0 Å². The first kappa shape index (κ1) is 20.3. The average Bonchev–Trinajstić information content (AvgIpc) is 2.29. The average molecular weight is 345 g/mol. The van der Waals surface area contributed by atoms with Gasteiger partial charge in [-0.2, -0.15) is 0 Å². The van der Waals surface area contributed by atoms with Crippen LogP contribution in [0.3, 0.4) is 0 Å². The van der Waals surface area contributed by atoms with Crippen LogP contribution in [0.5, 0.6) is 0 Å². The summed E-state index contributed by atoms with van der Waals surface area (Å²) in [6.45, 7) is 17.5. The lowest BCUT2D eigenvalue weighted by Gasteiger charge is -2.58. The largest absolute Gasteiger partial charge is 0.591 e. The second-order valence-electron chi connectivity index (χ2n) is 9.04. The van der Waals surface area contributed by atoms with E-state index in [1.165, 1.54) is 0 Å². The van der Waals surface area contributed by atoms with Crippen LogP contribution in [0.2, 0.25) is 0 Å². The molecule has 0 radical (unpaired) electrons. The highest BCUT2D eigenvalue weighted by Crippen LogP contribution is 2.51. The fourth-order valence-electron chi connectivity index (χ4n) is 3.27. The molecule has 0 aromatic carbocycles. The number of hydrogen-bond acceptors (Lipinski definition) is 3. The molecule has 0 heterocycles. The van der Waals surface area contributed by atoms with E-state index in [9.17, 15) is 14.5 Å². The highest BCUT2D eigenvalue weighted by atomic mass is 32.2. The summed E-state index contributed by atoms with van der Waals surface area (Å²) in [5.74, 6) is 0.156. The molecule has 23 heavy (non-hydrogen) atoms. The molecule has 1 N–H and O–H groups in total. The van der Waals surface area contributed by atoms with Gasteiger partial charge in [0.25, 0.3) is 0 Å². The monoisotopic (exact) mass is 344 g/mol. The summed E-state index contributed by atoms with van der Waals surface area (Å²) in [4.78, 5) is 13.3. The van der Waals surface area contributed by atoms with Crippen LogP contribution in [-0.4, -0.2) is 42.7 Å². The van der Waals surface area contributed by atoms with Gasteiger partial charge in [0.1, 0.15) is 16.1 Å². The third kappa shape index (κ3) is 4.21. The molecule has 3 atom stereocenters. The highest BCUT2D eigenvalue weighted by molar-refractivity contribution is 7.91. The van der Waals surface area contributed by atoms with Crippen molar-refractivity contribution in [3.05, 3.63) is 0 Å². The van der Waals surface area contributed by atoms with E-state index in [4.69, 9.17) is 0 Å². The molecule has 1 amide bonds. The van der Waals surface area contributed by atoms with E-state index in [2.05, 4.69) is 18.2 Å². The van der Waals surface area contributed by atoms with Gasteiger partial charge in [-0.1, -0.05) is 18.2 Å². The minimum atomic E-state index is -1.28. The Hall–Kier alpha value is -0.750. The van der Waals surface area contributed by atoms with Crippen LogP contribution in [0.15, 0.2) is 4.40 Å². The van der Waals surface area contributed by atoms with Gasteiger partial charge < -0.3 is 9.66 Å². The van der Waals surface area contributed by atoms with Crippen molar-refractivity contribution in [2.75, 3.05) is 0 Å². The Bertz CT molecular complexity index is 489. The van der Waals surface area contributed by atoms with Gasteiger partial charge in [0.15, 0.2) is 0 Å². The van der Waals surface area contributed by atoms with Crippen LogP contribution in [0.25, 0.3) is 0 Å². The van der Waals surface area contributed by atoms with Gasteiger partial charge in [0, 0.05) is 17.5 Å². The maximum Gasteiger partial charge on any atom is 0.408 e. The van der Waals surface area contributed by atoms with Gasteiger partial charge >= 0.3 is 6.09 Å². The molecule has 1 rings (SSSR count). The molecule has 0 bridgehead atoms. The third-order valence-corrected chi connectivity index (χ3v) is 6.21. The molecule has 1 aliphatic carbocycles. The SMILES string of the molecule is C/C(=N\[S@@+]([O-])C(C)(C)C)[C@H]1C[C@@H](N(C(=O)O)C(C)(C)C)C1(C)C. The fourth-order valence-corrected chi connectivity index (χ4v) is 3.93. The first-order valence-electron chi connectivity index (χ1n) is 8.09. The van der Waals surface area contributed by atoms with Crippen LogP contribution in [-0.2, 0) is 11.4 Å². The van der Waals surface area contributed by atoms with Crippen molar-refractivity contribution in [1.82, 2.24) is 4.90 Å². The van der Waals surface area contributed by atoms with Crippen LogP contribution in [0.1, 0.15) is 68.7 Å². The van der Waals surface area contributed by atoms with E-state index in [-0.39, 0.29) is 22.1 Å². The maximum absolute atomic E-state index is 12.2. The molecule has 5 nitrogen and oxygen atoms in total. The molecule has 0 spiro atoms. The van der Waals surface area contributed by atoms with Crippen molar-refractivity contribution < 1.29 is 14.5 Å². The quantitative estimate of drug-likeness (QED) is 0.618. The van der Waals surface area contributed by atoms with E-state index in [1.807, 2.05) is 48.5 Å². The lowest BCUT2D eigenvalue weighted by molar-refractivity contribution is -0.0574. The molecule has 0 unspecified atom stereocenters. The van der Waals surface area contributed by atoms with Crippen molar-refractivity contribution in [2.45, 2.75) is 85.1 Å². The van der Waals surface area contributed by atoms with Crippen LogP contribution < -0.4 is 0 Å². The van der Waals surface area contributed by atoms with Crippen molar-refractivity contribution in [1.29, 1.82) is 0 Å². The molecule has 0 saturated heterocycles. The minimum absolute atomic E-state index is 0.0572. The normalized spacial score (nSPS) is 26.4. The number of carbonyl (C=O) groups is 1. The molecule has 0 aromatic heterocycles. The zero-order valence-electron chi connectivity index (χ0n) is 15.9. The summed E-state index contributed by atoms with van der Waals surface area (Å²) < 4.78 is 16.2. The Balaban J connectivity index is 2.99. The summed E-state index contributed by atoms with van der Waals surface area (Å²) >= 11 is -1.28. The van der Waals surface area contributed by atoms with Crippen LogP contribution in [0.4, 0.5) is 4.79 Å². The van der Waals surface area contributed by atoms with Gasteiger partial charge in [-0.25, -0.2) is 4.79 Å². The molecule has 6 heteroatoms. The number of carboxylic acid groups (broad SMARTS) is 1. The van der Waals surface area contributed by atoms with Gasteiger partial charge in [0.05, 0.1) is 5.71 Å². The molecule has 134 valence electrons. The molecule has 1 aliphatic rings. The molecule has 1 saturated carbocycles. The third-order valence-electron chi connectivity index (χ3n) is 4.71. The lowest BCUT2D eigenvalue weighted by Crippen LogP contribution is -2.65. The summed E-state index contributed by atoms with van der Waals surface area (Å²) in [7, 11) is 0. The predicted octanol–water partition coefficient (Wildman–Crippen LogP) is 4.10. The first-order chi connectivity index (χ1) is 10.1. The first-order valence-corrected chi connectivity index (χ1v) is 9.20. The van der Waals surface area contributed by atoms with Gasteiger partial charge in [-0.3, -0.25) is 4.90 Å². The Morgan fingerprint density at radius 3 is 2.04 bits per heavy atom. The second kappa shape index (κ2) is 6.28. The zero-order valence-corrected chi connectivity index (χ0v) is 16.7. The Morgan fingerprint density at radius 1 is 1.26 bits per heavy atom. The zero-order chi connectivity index (χ0) is 18.4. The van der Waals surface area contributed by atoms with E-state index in [0.717, 1.165) is 12.1 Å². The predicted molar refractivity (Wildman–Crippen MR) is 96.3 cm³/mol. The fraction of sp³-hybridized carbons (Fsp3) is 0.882. The number of rotatable bonds is 3. The second-order valence-corrected chi connectivity index (χ2v) is 10.9. The summed E-state index contributed by atoms with van der Waals surface area (Å²) in [6.07, 6.45) is -0.158. The van der Waals surface area contributed by atoms with E-state index < -0.39 is 23.0 Å². The van der Waals surface area contributed by atoms with Crippen molar-refractivity contribution in [3.8, 4) is 0 Å². The standard InChI is InChI=1S/C17H32N2O3S/c1-11(18-23(22)16(5,6)7)12-10-13(17(12,8)9)19(14(20)21)15(2,3)4/h12-13H,10H2,1-9H3,(H,20,21)/b18-11+/t12-,13-,23+/m1/s1. The van der Waals surface area contributed by atoms with Crippen molar-refractivity contribution in [2.24, 2.45) is 15.7 Å². The van der Waals surface area contributed by atoms with Gasteiger partial charge in [-0.05, 0) is 60.3 Å². The Kier molecular flexibility index (Phi) is 5.54. The summed E-state index contributed by atoms with van der Waals surface area (Å²) in [5.41, 5.74) is 0.193. The highest BCUT2D eigenvalue weighted by Gasteiger charge is 2.55. The summed E-state index contributed by atoms with van der Waals surface area (Å²) in [5, 5.41) is 9.60. The van der Waals surface area contributed by atoms with Gasteiger partial charge in [0.2, 0.25) is 0 Å². The maximum atomic E-state index is 12.2.